The minimum Gasteiger partial charge on any atom is -0.352 e. The molecule has 0 unspecified atom stereocenters. The average molecular weight is 447 g/mol. The maximum absolute atomic E-state index is 13.8. The highest BCUT2D eigenvalue weighted by Crippen LogP contribution is 2.41. The Morgan fingerprint density at radius 2 is 1.82 bits per heavy atom. The van der Waals surface area contributed by atoms with Crippen LogP contribution in [-0.4, -0.2) is 22.0 Å². The summed E-state index contributed by atoms with van der Waals surface area (Å²) >= 11 is 0. The maximum atomic E-state index is 13.8. The van der Waals surface area contributed by atoms with Gasteiger partial charge in [-0.05, 0) is 47.5 Å². The van der Waals surface area contributed by atoms with Gasteiger partial charge in [-0.2, -0.15) is 10.5 Å². The topological polar surface area (TPSA) is 94.5 Å². The number of benzene rings is 2. The summed E-state index contributed by atoms with van der Waals surface area (Å²) < 4.78 is 15.8. The van der Waals surface area contributed by atoms with Crippen LogP contribution in [0.25, 0.3) is 22.4 Å². The minimum atomic E-state index is -0.474. The number of carbonyl (C=O) groups excluding carboxylic acids is 1. The number of nitrogens with zero attached hydrogens (tertiary/aromatic N) is 4. The highest BCUT2D eigenvalue weighted by atomic mass is 19.1. The molecule has 1 N–H and O–H groups in total. The van der Waals surface area contributed by atoms with Crippen LogP contribution < -0.4 is 5.32 Å². The Hall–Kier alpha value is -4.75. The molecule has 3 heterocycles. The Balaban J connectivity index is 1.84. The normalized spacial score (nSPS) is 12.4. The molecule has 2 aromatic carbocycles. The molecule has 6 nitrogen and oxygen atoms in total. The Labute approximate surface area is 195 Å². The first-order chi connectivity index (χ1) is 16.6. The maximum Gasteiger partial charge on any atom is 0.253 e. The first kappa shape index (κ1) is 21.1. The molecule has 164 valence electrons. The van der Waals surface area contributed by atoms with Crippen LogP contribution in [0.15, 0.2) is 67.0 Å². The number of hydrogen-bond donors (Lipinski definition) is 1. The lowest BCUT2D eigenvalue weighted by Gasteiger charge is -2.18. The molecule has 1 amide bonds. The zero-order valence-electron chi connectivity index (χ0n) is 18.0. The van der Waals surface area contributed by atoms with Crippen LogP contribution in [0, 0.1) is 28.5 Å². The van der Waals surface area contributed by atoms with E-state index in [1.165, 1.54) is 12.1 Å². The number of rotatable bonds is 4. The Morgan fingerprint density at radius 1 is 1.00 bits per heavy atom. The van der Waals surface area contributed by atoms with Gasteiger partial charge in [0.15, 0.2) is 0 Å². The molecule has 0 saturated heterocycles. The second-order valence-corrected chi connectivity index (χ2v) is 7.98. The van der Waals surface area contributed by atoms with E-state index in [0.29, 0.717) is 29.7 Å². The van der Waals surface area contributed by atoms with Gasteiger partial charge in [-0.1, -0.05) is 18.2 Å². The molecule has 1 aliphatic heterocycles. The summed E-state index contributed by atoms with van der Waals surface area (Å²) in [5, 5.41) is 22.0. The van der Waals surface area contributed by atoms with E-state index in [0.717, 1.165) is 28.1 Å². The molecule has 34 heavy (non-hydrogen) atoms. The van der Waals surface area contributed by atoms with E-state index >= 15 is 0 Å². The van der Waals surface area contributed by atoms with E-state index in [1.54, 1.807) is 36.7 Å². The van der Waals surface area contributed by atoms with Crippen molar-refractivity contribution in [3.63, 3.8) is 0 Å². The van der Waals surface area contributed by atoms with Crippen molar-refractivity contribution in [3.05, 3.63) is 101 Å². The highest BCUT2D eigenvalue weighted by Gasteiger charge is 2.31. The van der Waals surface area contributed by atoms with Gasteiger partial charge in [0.2, 0.25) is 0 Å². The Bertz CT molecular complexity index is 1510. The largest absolute Gasteiger partial charge is 0.352 e. The Morgan fingerprint density at radius 3 is 2.59 bits per heavy atom. The summed E-state index contributed by atoms with van der Waals surface area (Å²) in [5.41, 5.74) is 5.87. The van der Waals surface area contributed by atoms with Gasteiger partial charge in [0.1, 0.15) is 5.82 Å². The van der Waals surface area contributed by atoms with Gasteiger partial charge in [0, 0.05) is 48.7 Å². The molecule has 7 heteroatoms. The van der Waals surface area contributed by atoms with Crippen molar-refractivity contribution in [2.75, 3.05) is 6.54 Å². The van der Waals surface area contributed by atoms with Crippen LogP contribution in [-0.2, 0) is 13.0 Å². The molecule has 0 saturated carbocycles. The number of nitrogens with one attached hydrogen (secondary N) is 1. The number of halogens is 1. The molecule has 4 aromatic rings. The summed E-state index contributed by atoms with van der Waals surface area (Å²) in [6, 6.07) is 19.3. The standard InChI is InChI=1S/C27H18FN5O/c28-22-5-4-20(21(13-22)15-30)16-33-23-8-11-32-27(34)25(23)24(19-3-1-2-17(12-19)14-29)26(33)18-6-9-31-10-7-18/h1-7,9-10,12-13H,8,11,16H2,(H,32,34). The molecule has 0 radical (unpaired) electrons. The fraction of sp³-hybridized carbons (Fsp3) is 0.111. The van der Waals surface area contributed by atoms with E-state index in [-0.39, 0.29) is 18.0 Å². The second-order valence-electron chi connectivity index (χ2n) is 7.98. The van der Waals surface area contributed by atoms with Crippen LogP contribution in [0.3, 0.4) is 0 Å². The molecule has 5 rings (SSSR count). The lowest BCUT2D eigenvalue weighted by Crippen LogP contribution is -2.32. The van der Waals surface area contributed by atoms with Crippen LogP contribution >= 0.6 is 0 Å². The van der Waals surface area contributed by atoms with Crippen molar-refractivity contribution in [1.29, 1.82) is 10.5 Å². The van der Waals surface area contributed by atoms with E-state index in [4.69, 9.17) is 0 Å². The summed E-state index contributed by atoms with van der Waals surface area (Å²) in [5.74, 6) is -0.662. The molecule has 2 aromatic heterocycles. The Kier molecular flexibility index (Phi) is 5.37. The number of carbonyl (C=O) groups is 1. The number of nitriles is 2. The van der Waals surface area contributed by atoms with Crippen molar-refractivity contribution >= 4 is 5.91 Å². The van der Waals surface area contributed by atoms with Gasteiger partial charge in [-0.25, -0.2) is 4.39 Å². The molecular formula is C27H18FN5O. The summed E-state index contributed by atoms with van der Waals surface area (Å²) in [4.78, 5) is 17.3. The summed E-state index contributed by atoms with van der Waals surface area (Å²) in [6.07, 6.45) is 3.96. The molecular weight excluding hydrogens is 429 g/mol. The van der Waals surface area contributed by atoms with E-state index in [1.807, 2.05) is 22.8 Å². The summed E-state index contributed by atoms with van der Waals surface area (Å²) in [7, 11) is 0. The number of aromatic nitrogens is 2. The molecule has 0 atom stereocenters. The van der Waals surface area contributed by atoms with Crippen molar-refractivity contribution in [3.8, 4) is 34.5 Å². The summed E-state index contributed by atoms with van der Waals surface area (Å²) in [6.45, 7) is 0.770. The average Bonchev–Trinajstić information content (AvgIpc) is 3.21. The van der Waals surface area contributed by atoms with Gasteiger partial charge in [-0.3, -0.25) is 9.78 Å². The quantitative estimate of drug-likeness (QED) is 0.501. The van der Waals surface area contributed by atoms with Gasteiger partial charge >= 0.3 is 0 Å². The van der Waals surface area contributed by atoms with Crippen molar-refractivity contribution in [2.45, 2.75) is 13.0 Å². The van der Waals surface area contributed by atoms with Gasteiger partial charge in [-0.15, -0.1) is 0 Å². The van der Waals surface area contributed by atoms with Crippen LogP contribution in [0.5, 0.6) is 0 Å². The lowest BCUT2D eigenvalue weighted by molar-refractivity contribution is 0.0946. The third-order valence-electron chi connectivity index (χ3n) is 6.00. The van der Waals surface area contributed by atoms with Gasteiger partial charge in [0.25, 0.3) is 5.91 Å². The van der Waals surface area contributed by atoms with Gasteiger partial charge < -0.3 is 9.88 Å². The van der Waals surface area contributed by atoms with Crippen LogP contribution in [0.4, 0.5) is 4.39 Å². The third kappa shape index (κ3) is 3.60. The smallest absolute Gasteiger partial charge is 0.253 e. The first-order valence-corrected chi connectivity index (χ1v) is 10.7. The van der Waals surface area contributed by atoms with Crippen LogP contribution in [0.1, 0.15) is 32.7 Å². The fourth-order valence-electron chi connectivity index (χ4n) is 4.53. The molecule has 0 spiro atoms. The number of hydrogen-bond acceptors (Lipinski definition) is 4. The fourth-order valence-corrected chi connectivity index (χ4v) is 4.53. The number of fused-ring (bicyclic) bond motifs is 1. The van der Waals surface area contributed by atoms with E-state index in [9.17, 15) is 19.7 Å². The predicted octanol–water partition coefficient (Wildman–Crippen LogP) is 4.43. The number of amides is 1. The van der Waals surface area contributed by atoms with Crippen molar-refractivity contribution in [1.82, 2.24) is 14.9 Å². The highest BCUT2D eigenvalue weighted by molar-refractivity contribution is 6.07. The molecule has 0 bridgehead atoms. The monoisotopic (exact) mass is 447 g/mol. The van der Waals surface area contributed by atoms with Gasteiger partial charge in [0.05, 0.1) is 34.5 Å². The third-order valence-corrected chi connectivity index (χ3v) is 6.00. The zero-order chi connectivity index (χ0) is 23.7. The van der Waals surface area contributed by atoms with Crippen LogP contribution in [0.2, 0.25) is 0 Å². The van der Waals surface area contributed by atoms with E-state index in [2.05, 4.69) is 22.4 Å². The predicted molar refractivity (Wildman–Crippen MR) is 124 cm³/mol. The van der Waals surface area contributed by atoms with Crippen molar-refractivity contribution < 1.29 is 9.18 Å². The first-order valence-electron chi connectivity index (χ1n) is 10.7. The SMILES string of the molecule is N#Cc1cccc(-c2c3c(n(Cc4ccc(F)cc4C#N)c2-c2ccncc2)CCNC3=O)c1. The van der Waals surface area contributed by atoms with Crippen molar-refractivity contribution in [2.24, 2.45) is 0 Å². The second kappa shape index (κ2) is 8.65. The lowest BCUT2D eigenvalue weighted by atomic mass is 9.94. The number of pyridine rings is 1. The molecule has 1 aliphatic rings. The molecule has 0 aliphatic carbocycles. The van der Waals surface area contributed by atoms with E-state index < -0.39 is 5.82 Å². The zero-order valence-corrected chi connectivity index (χ0v) is 18.0. The minimum absolute atomic E-state index is 0.188. The molecule has 0 fully saturated rings.